The third kappa shape index (κ3) is 3.75. The monoisotopic (exact) mass is 488 g/mol. The van der Waals surface area contributed by atoms with Crippen LogP contribution in [0.1, 0.15) is 5.56 Å². The van der Waals surface area contributed by atoms with E-state index in [2.05, 4.69) is 78.2 Å². The molecule has 4 nitrogen and oxygen atoms in total. The summed E-state index contributed by atoms with van der Waals surface area (Å²) in [6.07, 6.45) is 0. The highest BCUT2D eigenvalue weighted by molar-refractivity contribution is 6.10. The lowest BCUT2D eigenvalue weighted by Crippen LogP contribution is -2.01. The van der Waals surface area contributed by atoms with Crippen LogP contribution in [0.2, 0.25) is 0 Å². The van der Waals surface area contributed by atoms with Crippen LogP contribution in [-0.2, 0) is 0 Å². The number of benzene rings is 5. The van der Waals surface area contributed by atoms with Crippen LogP contribution in [0.4, 0.5) is 0 Å². The Morgan fingerprint density at radius 1 is 0.474 bits per heavy atom. The van der Waals surface area contributed by atoms with Crippen LogP contribution >= 0.6 is 0 Å². The smallest absolute Gasteiger partial charge is 0.164 e. The van der Waals surface area contributed by atoms with Gasteiger partial charge in [-0.05, 0) is 36.8 Å². The molecule has 5 aromatic carbocycles. The minimum atomic E-state index is 0.650. The zero-order chi connectivity index (χ0) is 25.5. The van der Waals surface area contributed by atoms with E-state index in [1.165, 1.54) is 27.4 Å². The fourth-order valence-corrected chi connectivity index (χ4v) is 5.20. The molecule has 0 aliphatic rings. The van der Waals surface area contributed by atoms with E-state index >= 15 is 0 Å². The number of rotatable bonds is 4. The van der Waals surface area contributed by atoms with Gasteiger partial charge in [0, 0.05) is 33.2 Å². The lowest BCUT2D eigenvalue weighted by atomic mass is 10.1. The summed E-state index contributed by atoms with van der Waals surface area (Å²) < 4.78 is 2.33. The molecule has 0 saturated heterocycles. The molecule has 0 atom stereocenters. The first-order chi connectivity index (χ1) is 18.8. The fourth-order valence-electron chi connectivity index (χ4n) is 5.20. The van der Waals surface area contributed by atoms with Crippen LogP contribution in [0.25, 0.3) is 61.7 Å². The van der Waals surface area contributed by atoms with Gasteiger partial charge in [-0.15, -0.1) is 0 Å². The Bertz CT molecular complexity index is 1860. The summed E-state index contributed by atoms with van der Waals surface area (Å²) in [5.41, 5.74) is 7.57. The number of aromatic nitrogens is 4. The van der Waals surface area contributed by atoms with Gasteiger partial charge in [0.15, 0.2) is 17.5 Å². The van der Waals surface area contributed by atoms with E-state index in [-0.39, 0.29) is 0 Å². The first-order valence-corrected chi connectivity index (χ1v) is 12.7. The van der Waals surface area contributed by atoms with Gasteiger partial charge in [-0.1, -0.05) is 103 Å². The van der Waals surface area contributed by atoms with Crippen LogP contribution in [0, 0.1) is 6.92 Å². The summed E-state index contributed by atoms with van der Waals surface area (Å²) in [7, 11) is 0. The lowest BCUT2D eigenvalue weighted by Gasteiger charge is -2.11. The molecular weight excluding hydrogens is 464 g/mol. The highest BCUT2D eigenvalue weighted by Gasteiger charge is 2.16. The van der Waals surface area contributed by atoms with Gasteiger partial charge in [-0.2, -0.15) is 0 Å². The molecular formula is C34H24N4. The predicted molar refractivity (Wildman–Crippen MR) is 155 cm³/mol. The second kappa shape index (κ2) is 9.09. The molecule has 0 saturated carbocycles. The van der Waals surface area contributed by atoms with Crippen molar-refractivity contribution in [1.29, 1.82) is 0 Å². The zero-order valence-corrected chi connectivity index (χ0v) is 20.9. The van der Waals surface area contributed by atoms with Crippen molar-refractivity contribution in [2.75, 3.05) is 0 Å². The summed E-state index contributed by atoms with van der Waals surface area (Å²) >= 11 is 0. The fraction of sp³-hybridized carbons (Fsp3) is 0.0294. The van der Waals surface area contributed by atoms with Crippen LogP contribution in [-0.4, -0.2) is 19.5 Å². The Balaban J connectivity index is 1.44. The lowest BCUT2D eigenvalue weighted by molar-refractivity contribution is 1.07. The van der Waals surface area contributed by atoms with Crippen LogP contribution in [0.3, 0.4) is 0 Å². The molecule has 0 bridgehead atoms. The molecule has 0 fully saturated rings. The van der Waals surface area contributed by atoms with E-state index in [1.54, 1.807) is 0 Å². The summed E-state index contributed by atoms with van der Waals surface area (Å²) in [6, 6.07) is 43.7. The molecule has 0 amide bonds. The van der Waals surface area contributed by atoms with Gasteiger partial charge in [0.1, 0.15) is 0 Å². The van der Waals surface area contributed by atoms with Gasteiger partial charge in [0.05, 0.1) is 11.0 Å². The summed E-state index contributed by atoms with van der Waals surface area (Å²) in [5.74, 6) is 1.97. The largest absolute Gasteiger partial charge is 0.309 e. The van der Waals surface area contributed by atoms with E-state index in [0.29, 0.717) is 17.5 Å². The molecule has 2 aromatic heterocycles. The minimum absolute atomic E-state index is 0.650. The van der Waals surface area contributed by atoms with Gasteiger partial charge in [0.25, 0.3) is 0 Å². The van der Waals surface area contributed by atoms with Gasteiger partial charge < -0.3 is 4.57 Å². The van der Waals surface area contributed by atoms with Gasteiger partial charge in [0.2, 0.25) is 0 Å². The highest BCUT2D eigenvalue weighted by Crippen LogP contribution is 2.35. The Morgan fingerprint density at radius 2 is 1.00 bits per heavy atom. The molecule has 38 heavy (non-hydrogen) atoms. The van der Waals surface area contributed by atoms with Crippen molar-refractivity contribution in [3.8, 4) is 39.9 Å². The maximum absolute atomic E-state index is 4.93. The Labute approximate surface area is 220 Å². The second-order valence-electron chi connectivity index (χ2n) is 9.41. The maximum Gasteiger partial charge on any atom is 0.164 e. The van der Waals surface area contributed by atoms with E-state index in [0.717, 1.165) is 22.4 Å². The van der Waals surface area contributed by atoms with E-state index in [4.69, 9.17) is 15.0 Å². The third-order valence-electron chi connectivity index (χ3n) is 6.97. The Kier molecular flexibility index (Phi) is 5.30. The Morgan fingerprint density at radius 3 is 1.68 bits per heavy atom. The van der Waals surface area contributed by atoms with Crippen molar-refractivity contribution < 1.29 is 0 Å². The van der Waals surface area contributed by atoms with Gasteiger partial charge >= 0.3 is 0 Å². The molecule has 0 radical (unpaired) electrons. The van der Waals surface area contributed by atoms with Gasteiger partial charge in [-0.25, -0.2) is 15.0 Å². The molecule has 0 unspecified atom stereocenters. The van der Waals surface area contributed by atoms with Crippen molar-refractivity contribution >= 4 is 21.8 Å². The highest BCUT2D eigenvalue weighted by atomic mass is 15.0. The standard InChI is InChI=1S/C34H24N4/c1-23-12-10-21-30-31(23)28-19-8-9-20-29(28)38(30)27-18-11-17-26(22-27)34-36-32(24-13-4-2-5-14-24)35-33(37-34)25-15-6-3-7-16-25/h2-22H,1H3. The predicted octanol–water partition coefficient (Wildman–Crippen LogP) is 8.28. The van der Waals surface area contributed by atoms with Gasteiger partial charge in [-0.3, -0.25) is 0 Å². The van der Waals surface area contributed by atoms with Crippen molar-refractivity contribution in [3.05, 3.63) is 133 Å². The number of para-hydroxylation sites is 1. The number of fused-ring (bicyclic) bond motifs is 3. The molecule has 4 heteroatoms. The van der Waals surface area contributed by atoms with Crippen molar-refractivity contribution in [3.63, 3.8) is 0 Å². The maximum atomic E-state index is 4.93. The zero-order valence-electron chi connectivity index (χ0n) is 20.9. The van der Waals surface area contributed by atoms with Crippen molar-refractivity contribution in [1.82, 2.24) is 19.5 Å². The molecule has 180 valence electrons. The molecule has 0 spiro atoms. The minimum Gasteiger partial charge on any atom is -0.309 e. The quantitative estimate of drug-likeness (QED) is 0.250. The SMILES string of the molecule is Cc1cccc2c1c1ccccc1n2-c1cccc(-c2nc(-c3ccccc3)nc(-c3ccccc3)n2)c1. The third-order valence-corrected chi connectivity index (χ3v) is 6.97. The van der Waals surface area contributed by atoms with Crippen molar-refractivity contribution in [2.24, 2.45) is 0 Å². The van der Waals surface area contributed by atoms with Crippen LogP contribution in [0.15, 0.2) is 127 Å². The van der Waals surface area contributed by atoms with E-state index in [1.807, 2.05) is 60.7 Å². The number of nitrogens with zero attached hydrogens (tertiary/aromatic N) is 4. The summed E-state index contributed by atoms with van der Waals surface area (Å²) in [4.78, 5) is 14.7. The number of hydrogen-bond donors (Lipinski definition) is 0. The van der Waals surface area contributed by atoms with Crippen LogP contribution in [0.5, 0.6) is 0 Å². The first-order valence-electron chi connectivity index (χ1n) is 12.7. The van der Waals surface area contributed by atoms with E-state index in [9.17, 15) is 0 Å². The second-order valence-corrected chi connectivity index (χ2v) is 9.41. The van der Waals surface area contributed by atoms with E-state index < -0.39 is 0 Å². The first kappa shape index (κ1) is 22.1. The molecule has 0 aliphatic heterocycles. The molecule has 0 aliphatic carbocycles. The molecule has 0 N–H and O–H groups in total. The summed E-state index contributed by atoms with van der Waals surface area (Å²) in [5, 5.41) is 2.54. The average Bonchev–Trinajstić information content (AvgIpc) is 3.33. The summed E-state index contributed by atoms with van der Waals surface area (Å²) in [6.45, 7) is 2.18. The van der Waals surface area contributed by atoms with Crippen LogP contribution < -0.4 is 0 Å². The molecule has 7 aromatic rings. The Hall–Kier alpha value is -5.09. The number of aryl methyl sites for hydroxylation is 1. The normalized spacial score (nSPS) is 11.3. The average molecular weight is 489 g/mol. The molecule has 7 rings (SSSR count). The topological polar surface area (TPSA) is 43.6 Å². The number of hydrogen-bond acceptors (Lipinski definition) is 3. The molecule has 2 heterocycles. The van der Waals surface area contributed by atoms with Crippen molar-refractivity contribution in [2.45, 2.75) is 6.92 Å².